The van der Waals surface area contributed by atoms with E-state index >= 15 is 0 Å². The summed E-state index contributed by atoms with van der Waals surface area (Å²) in [4.78, 5) is 33.0. The van der Waals surface area contributed by atoms with Gasteiger partial charge in [-0.2, -0.15) is 17.0 Å². The van der Waals surface area contributed by atoms with Gasteiger partial charge in [-0.15, -0.1) is 0 Å². The topological polar surface area (TPSA) is 123 Å². The Morgan fingerprint density at radius 2 is 1.67 bits per heavy atom. The van der Waals surface area contributed by atoms with Gasteiger partial charge in [0.05, 0.1) is 40.8 Å². The van der Waals surface area contributed by atoms with Gasteiger partial charge >= 0.3 is 0 Å². The largest absolute Gasteiger partial charge is 0.386 e. The van der Waals surface area contributed by atoms with E-state index in [1.807, 2.05) is 48.5 Å². The van der Waals surface area contributed by atoms with Crippen molar-refractivity contribution in [1.29, 1.82) is 0 Å². The summed E-state index contributed by atoms with van der Waals surface area (Å²) in [5, 5.41) is 14.6. The van der Waals surface area contributed by atoms with Crippen molar-refractivity contribution in [2.75, 3.05) is 25.0 Å². The van der Waals surface area contributed by atoms with E-state index in [-0.39, 0.29) is 18.5 Å². The highest BCUT2D eigenvalue weighted by atomic mass is 32.2. The second kappa shape index (κ2) is 11.8. The number of rotatable bonds is 9. The number of aliphatic hydroxyl groups is 1. The maximum atomic E-state index is 13.8. The number of para-hydroxylation sites is 1. The summed E-state index contributed by atoms with van der Waals surface area (Å²) in [5.41, 5.74) is 2.11. The van der Waals surface area contributed by atoms with Crippen LogP contribution in [0.4, 0.5) is 5.13 Å². The van der Waals surface area contributed by atoms with Crippen molar-refractivity contribution in [3.8, 4) is 0 Å². The predicted molar refractivity (Wildman–Crippen MR) is 165 cm³/mol. The molecule has 2 amide bonds. The number of fused-ring (bicyclic) bond motifs is 2. The average molecular weight is 620 g/mol. The van der Waals surface area contributed by atoms with Crippen molar-refractivity contribution in [2.24, 2.45) is 5.92 Å². The van der Waals surface area contributed by atoms with Gasteiger partial charge in [-0.05, 0) is 29.7 Å². The number of nitrogens with one attached hydrogen (secondary N) is 1. The molecule has 10 nitrogen and oxygen atoms in total. The van der Waals surface area contributed by atoms with Gasteiger partial charge in [0.25, 0.3) is 10.2 Å². The molecule has 0 radical (unpaired) electrons. The number of likely N-dealkylation sites (N-methyl/N-ethyl adjacent to an activating group) is 1. The molecular formula is C31H33N5O5S2. The molecule has 4 aromatic rings. The SMILES string of the molecule is C[C@@H]1C(=O)N(c2nc3ccccc3s2)[C@H]2CCN(S(=O)(=O)N(C)CC(=O)N[C@H](c3ccccc3)[C@@H](O)c3ccccc3)[C@H]12. The molecule has 3 heterocycles. The first-order valence-corrected chi connectivity index (χ1v) is 16.4. The molecule has 0 aliphatic carbocycles. The molecule has 12 heteroatoms. The van der Waals surface area contributed by atoms with Gasteiger partial charge in [-0.25, -0.2) is 4.98 Å². The molecule has 2 saturated heterocycles. The van der Waals surface area contributed by atoms with Crippen LogP contribution < -0.4 is 10.2 Å². The number of anilines is 1. The Kier molecular flexibility index (Phi) is 8.05. The van der Waals surface area contributed by atoms with Crippen molar-refractivity contribution >= 4 is 48.7 Å². The smallest absolute Gasteiger partial charge is 0.282 e. The first kappa shape index (κ1) is 29.4. The standard InChI is InChI=1S/C31H33N5O5S2/c1-20-28-24(36(30(20)39)31-32-23-15-9-10-16-25(23)42-31)17-18-35(28)43(40,41)34(2)19-26(37)33-27(21-11-5-3-6-12-21)29(38)22-13-7-4-8-14-22/h3-16,20,24,27-29,38H,17-19H2,1-2H3,(H,33,37)/t20-,24-,27+,28+,29-/m0/s1. The third-order valence-electron chi connectivity index (χ3n) is 8.32. The van der Waals surface area contributed by atoms with E-state index < -0.39 is 46.8 Å². The molecule has 0 saturated carbocycles. The molecule has 43 heavy (non-hydrogen) atoms. The lowest BCUT2D eigenvalue weighted by molar-refractivity contribution is -0.123. The van der Waals surface area contributed by atoms with Gasteiger partial charge in [0.2, 0.25) is 11.8 Å². The van der Waals surface area contributed by atoms with Crippen molar-refractivity contribution in [3.63, 3.8) is 0 Å². The number of hydrogen-bond donors (Lipinski definition) is 2. The minimum Gasteiger partial charge on any atom is -0.386 e. The number of benzene rings is 3. The number of carbonyl (C=O) groups is 2. The first-order valence-electron chi connectivity index (χ1n) is 14.2. The van der Waals surface area contributed by atoms with Gasteiger partial charge in [-0.3, -0.25) is 14.5 Å². The van der Waals surface area contributed by atoms with Crippen LogP contribution in [0.2, 0.25) is 0 Å². The minimum atomic E-state index is -4.10. The number of aromatic nitrogens is 1. The Morgan fingerprint density at radius 1 is 1.05 bits per heavy atom. The highest BCUT2D eigenvalue weighted by Crippen LogP contribution is 2.43. The number of carbonyl (C=O) groups excluding carboxylic acids is 2. The summed E-state index contributed by atoms with van der Waals surface area (Å²) >= 11 is 1.42. The number of thiazole rings is 1. The van der Waals surface area contributed by atoms with Crippen molar-refractivity contribution in [2.45, 2.75) is 37.6 Å². The average Bonchev–Trinajstić information content (AvgIpc) is 3.71. The van der Waals surface area contributed by atoms with Crippen molar-refractivity contribution in [3.05, 3.63) is 96.1 Å². The first-order chi connectivity index (χ1) is 20.7. The Morgan fingerprint density at radius 3 is 2.35 bits per heavy atom. The normalized spacial score (nSPS) is 22.2. The predicted octanol–water partition coefficient (Wildman–Crippen LogP) is 3.49. The monoisotopic (exact) mass is 619 g/mol. The van der Waals surface area contributed by atoms with Gasteiger partial charge in [0.15, 0.2) is 5.13 Å². The van der Waals surface area contributed by atoms with E-state index in [0.29, 0.717) is 22.7 Å². The number of nitrogens with zero attached hydrogens (tertiary/aromatic N) is 4. The zero-order valence-electron chi connectivity index (χ0n) is 23.8. The second-order valence-electron chi connectivity index (χ2n) is 11.0. The molecule has 6 rings (SSSR count). The highest BCUT2D eigenvalue weighted by molar-refractivity contribution is 7.86. The fourth-order valence-electron chi connectivity index (χ4n) is 6.16. The Bertz CT molecular complexity index is 1700. The summed E-state index contributed by atoms with van der Waals surface area (Å²) < 4.78 is 31.0. The molecular weight excluding hydrogens is 587 g/mol. The van der Waals surface area contributed by atoms with E-state index in [0.717, 1.165) is 14.5 Å². The van der Waals surface area contributed by atoms with Crippen LogP contribution >= 0.6 is 11.3 Å². The number of amides is 2. The van der Waals surface area contributed by atoms with Crippen molar-refractivity contribution in [1.82, 2.24) is 18.9 Å². The third kappa shape index (κ3) is 5.45. The van der Waals surface area contributed by atoms with Gasteiger partial charge < -0.3 is 10.4 Å². The molecule has 0 unspecified atom stereocenters. The van der Waals surface area contributed by atoms with Crippen LogP contribution in [0.25, 0.3) is 10.2 Å². The van der Waals surface area contributed by atoms with Gasteiger partial charge in [0, 0.05) is 13.6 Å². The fourth-order valence-corrected chi connectivity index (χ4v) is 8.80. The van der Waals surface area contributed by atoms with Crippen LogP contribution in [0.1, 0.15) is 36.6 Å². The Labute approximate surface area is 254 Å². The third-order valence-corrected chi connectivity index (χ3v) is 11.3. The molecule has 0 bridgehead atoms. The van der Waals surface area contributed by atoms with Gasteiger partial charge in [0.1, 0.15) is 6.10 Å². The molecule has 1 aromatic heterocycles. The van der Waals surface area contributed by atoms with Crippen LogP contribution in [-0.2, 0) is 19.8 Å². The summed E-state index contributed by atoms with van der Waals surface area (Å²) in [6.07, 6.45) is -0.581. The lowest BCUT2D eigenvalue weighted by Crippen LogP contribution is -2.50. The van der Waals surface area contributed by atoms with Crippen LogP contribution in [0.3, 0.4) is 0 Å². The molecule has 2 aliphatic rings. The summed E-state index contributed by atoms with van der Waals surface area (Å²) in [7, 11) is -2.74. The lowest BCUT2D eigenvalue weighted by Gasteiger charge is -2.30. The molecule has 5 atom stereocenters. The molecule has 224 valence electrons. The summed E-state index contributed by atoms with van der Waals surface area (Å²) in [6.45, 7) is 1.52. The van der Waals surface area contributed by atoms with E-state index in [1.54, 1.807) is 48.2 Å². The summed E-state index contributed by atoms with van der Waals surface area (Å²) in [5.74, 6) is -1.28. The minimum absolute atomic E-state index is 0.157. The molecule has 2 fully saturated rings. The molecule has 0 spiro atoms. The molecule has 3 aromatic carbocycles. The van der Waals surface area contributed by atoms with Crippen LogP contribution in [0, 0.1) is 5.92 Å². The van der Waals surface area contributed by atoms with E-state index in [9.17, 15) is 23.1 Å². The van der Waals surface area contributed by atoms with Crippen molar-refractivity contribution < 1.29 is 23.1 Å². The van der Waals surface area contributed by atoms with Crippen LogP contribution in [-0.4, -0.2) is 71.2 Å². The fraction of sp³-hybridized carbons (Fsp3) is 0.323. The quantitative estimate of drug-likeness (QED) is 0.296. The Hall–Kier alpha value is -3.68. The highest BCUT2D eigenvalue weighted by Gasteiger charge is 2.56. The molecule has 2 aliphatic heterocycles. The van der Waals surface area contributed by atoms with E-state index in [4.69, 9.17) is 0 Å². The zero-order chi connectivity index (χ0) is 30.3. The van der Waals surface area contributed by atoms with Crippen LogP contribution in [0.15, 0.2) is 84.9 Å². The Balaban J connectivity index is 1.18. The zero-order valence-corrected chi connectivity index (χ0v) is 25.4. The van der Waals surface area contributed by atoms with Crippen LogP contribution in [0.5, 0.6) is 0 Å². The summed E-state index contributed by atoms with van der Waals surface area (Å²) in [6, 6.07) is 24.0. The van der Waals surface area contributed by atoms with E-state index in [2.05, 4.69) is 10.3 Å². The van der Waals surface area contributed by atoms with Gasteiger partial charge in [-0.1, -0.05) is 91.1 Å². The lowest BCUT2D eigenvalue weighted by atomic mass is 9.96. The molecule has 2 N–H and O–H groups in total. The van der Waals surface area contributed by atoms with E-state index in [1.165, 1.54) is 22.7 Å². The maximum Gasteiger partial charge on any atom is 0.282 e. The number of hydrogen-bond acceptors (Lipinski definition) is 7. The second-order valence-corrected chi connectivity index (χ2v) is 14.0. The maximum absolute atomic E-state index is 13.8. The number of aliphatic hydroxyl groups excluding tert-OH is 1.